The molecular formula is C20H18N2O5S. The number of hydrogen-bond acceptors (Lipinski definition) is 6. The molecule has 1 aliphatic rings. The number of aromatic nitrogens is 2. The molecule has 0 atom stereocenters. The first kappa shape index (κ1) is 18.2. The first-order valence-corrected chi connectivity index (χ1v) is 10.4. The van der Waals surface area contributed by atoms with Gasteiger partial charge in [0.15, 0.2) is 15.5 Å². The number of nitrogens with zero attached hydrogens (tertiary/aromatic N) is 2. The third-order valence-corrected chi connectivity index (χ3v) is 6.26. The predicted octanol–water partition coefficient (Wildman–Crippen LogP) is 3.01. The number of ether oxygens (including phenoxy) is 2. The Morgan fingerprint density at radius 1 is 1.18 bits per heavy atom. The van der Waals surface area contributed by atoms with Crippen molar-refractivity contribution in [1.29, 1.82) is 0 Å². The molecule has 3 aromatic rings. The topological polar surface area (TPSA) is 87.5 Å². The number of benzene rings is 2. The Morgan fingerprint density at radius 2 is 1.93 bits per heavy atom. The Labute approximate surface area is 162 Å². The second kappa shape index (κ2) is 6.79. The molecule has 8 heteroatoms. The minimum absolute atomic E-state index is 0.0118. The Hall–Kier alpha value is -3.13. The van der Waals surface area contributed by atoms with Crippen LogP contribution in [-0.2, 0) is 20.3 Å². The van der Waals surface area contributed by atoms with Crippen LogP contribution >= 0.6 is 0 Å². The highest BCUT2D eigenvalue weighted by Crippen LogP contribution is 2.42. The maximum Gasteiger partial charge on any atom is 0.359 e. The maximum atomic E-state index is 12.9. The quantitative estimate of drug-likeness (QED) is 0.628. The van der Waals surface area contributed by atoms with Crippen LogP contribution in [0.4, 0.5) is 0 Å². The molecule has 7 nitrogen and oxygen atoms in total. The fourth-order valence-corrected chi connectivity index (χ4v) is 4.92. The lowest BCUT2D eigenvalue weighted by Crippen LogP contribution is -2.16. The van der Waals surface area contributed by atoms with Crippen LogP contribution in [0.25, 0.3) is 16.9 Å². The molecule has 0 N–H and O–H groups in total. The molecule has 0 radical (unpaired) electrons. The van der Waals surface area contributed by atoms with E-state index < -0.39 is 15.8 Å². The monoisotopic (exact) mass is 398 g/mol. The third kappa shape index (κ3) is 2.86. The van der Waals surface area contributed by atoms with Crippen LogP contribution in [-0.4, -0.2) is 37.9 Å². The Morgan fingerprint density at radius 3 is 2.61 bits per heavy atom. The highest BCUT2D eigenvalue weighted by molar-refractivity contribution is 7.90. The first-order chi connectivity index (χ1) is 13.5. The van der Waals surface area contributed by atoms with Gasteiger partial charge in [-0.3, -0.25) is 0 Å². The van der Waals surface area contributed by atoms with E-state index in [0.717, 1.165) is 0 Å². The number of esters is 1. The highest BCUT2D eigenvalue weighted by Gasteiger charge is 2.36. The zero-order valence-corrected chi connectivity index (χ0v) is 16.2. The largest absolute Gasteiger partial charge is 0.497 e. The number of carbonyl (C=O) groups is 1. The SMILES string of the molecule is CCOC(=O)c1nn(-c2ccccc2)c2c1CS(=O)(=O)c1ccc(OC)cc1-2. The number of sulfone groups is 1. The van der Waals surface area contributed by atoms with E-state index >= 15 is 0 Å². The number of para-hydroxylation sites is 1. The second-order valence-electron chi connectivity index (χ2n) is 6.26. The molecule has 0 bridgehead atoms. The van der Waals surface area contributed by atoms with Crippen molar-refractivity contribution in [1.82, 2.24) is 9.78 Å². The number of hydrogen-bond donors (Lipinski definition) is 0. The van der Waals surface area contributed by atoms with Crippen LogP contribution < -0.4 is 4.74 Å². The van der Waals surface area contributed by atoms with Gasteiger partial charge in [0.05, 0.1) is 35.7 Å². The molecule has 144 valence electrons. The van der Waals surface area contributed by atoms with E-state index in [-0.39, 0.29) is 22.9 Å². The van der Waals surface area contributed by atoms with Crippen LogP contribution in [0.5, 0.6) is 5.75 Å². The molecule has 0 amide bonds. The molecule has 1 aromatic heterocycles. The summed E-state index contributed by atoms with van der Waals surface area (Å²) in [7, 11) is -2.12. The lowest BCUT2D eigenvalue weighted by Gasteiger charge is -2.19. The van der Waals surface area contributed by atoms with Gasteiger partial charge in [-0.05, 0) is 37.3 Å². The van der Waals surface area contributed by atoms with E-state index in [2.05, 4.69) is 5.10 Å². The summed E-state index contributed by atoms with van der Waals surface area (Å²) in [5.41, 5.74) is 2.06. The fraction of sp³-hybridized carbons (Fsp3) is 0.200. The molecule has 0 spiro atoms. The van der Waals surface area contributed by atoms with Crippen molar-refractivity contribution < 1.29 is 22.7 Å². The van der Waals surface area contributed by atoms with E-state index in [1.807, 2.05) is 30.3 Å². The van der Waals surface area contributed by atoms with E-state index in [4.69, 9.17) is 9.47 Å². The van der Waals surface area contributed by atoms with Crippen LogP contribution in [0.2, 0.25) is 0 Å². The Balaban J connectivity index is 2.07. The summed E-state index contributed by atoms with van der Waals surface area (Å²) < 4.78 is 37.8. The van der Waals surface area contributed by atoms with Crippen molar-refractivity contribution in [2.24, 2.45) is 0 Å². The van der Waals surface area contributed by atoms with Gasteiger partial charge in [0, 0.05) is 11.1 Å². The van der Waals surface area contributed by atoms with Gasteiger partial charge in [0.2, 0.25) is 0 Å². The lowest BCUT2D eigenvalue weighted by atomic mass is 10.0. The van der Waals surface area contributed by atoms with Gasteiger partial charge in [-0.2, -0.15) is 5.10 Å². The summed E-state index contributed by atoms with van der Waals surface area (Å²) in [6.45, 7) is 1.86. The normalized spacial score (nSPS) is 14.1. The number of rotatable bonds is 4. The predicted molar refractivity (Wildman–Crippen MR) is 102 cm³/mol. The van der Waals surface area contributed by atoms with Gasteiger partial charge in [-0.1, -0.05) is 18.2 Å². The van der Waals surface area contributed by atoms with E-state index in [1.54, 1.807) is 23.7 Å². The molecule has 0 saturated carbocycles. The third-order valence-electron chi connectivity index (χ3n) is 4.56. The molecule has 0 unspecified atom stereocenters. The summed E-state index contributed by atoms with van der Waals surface area (Å²) in [6.07, 6.45) is 0. The van der Waals surface area contributed by atoms with Crippen molar-refractivity contribution in [3.63, 3.8) is 0 Å². The molecule has 28 heavy (non-hydrogen) atoms. The average Bonchev–Trinajstić information content (AvgIpc) is 3.07. The van der Waals surface area contributed by atoms with Crippen molar-refractivity contribution in [2.75, 3.05) is 13.7 Å². The zero-order chi connectivity index (χ0) is 19.9. The number of carbonyl (C=O) groups excluding carboxylic acids is 1. The van der Waals surface area contributed by atoms with Crippen molar-refractivity contribution in [3.05, 3.63) is 59.8 Å². The second-order valence-corrected chi connectivity index (χ2v) is 8.22. The van der Waals surface area contributed by atoms with Crippen molar-refractivity contribution in [2.45, 2.75) is 17.6 Å². The minimum Gasteiger partial charge on any atom is -0.497 e. The Bertz CT molecular complexity index is 1170. The first-order valence-electron chi connectivity index (χ1n) is 8.72. The van der Waals surface area contributed by atoms with Crippen LogP contribution in [0.3, 0.4) is 0 Å². The van der Waals surface area contributed by atoms with E-state index in [0.29, 0.717) is 28.3 Å². The molecule has 0 aliphatic carbocycles. The van der Waals surface area contributed by atoms with Gasteiger partial charge < -0.3 is 9.47 Å². The average molecular weight is 398 g/mol. The van der Waals surface area contributed by atoms with Crippen LogP contribution in [0, 0.1) is 0 Å². The standard InChI is InChI=1S/C20H18N2O5S/c1-3-27-20(23)18-16-12-28(24,25)17-10-9-14(26-2)11-15(17)19(16)22(21-18)13-7-5-4-6-8-13/h4-11H,3,12H2,1-2H3. The molecule has 0 fully saturated rings. The van der Waals surface area contributed by atoms with Gasteiger partial charge in [-0.25, -0.2) is 17.9 Å². The van der Waals surface area contributed by atoms with Crippen LogP contribution in [0.15, 0.2) is 53.4 Å². The number of fused-ring (bicyclic) bond motifs is 3. The smallest absolute Gasteiger partial charge is 0.359 e. The van der Waals surface area contributed by atoms with Gasteiger partial charge in [-0.15, -0.1) is 0 Å². The minimum atomic E-state index is -3.64. The highest BCUT2D eigenvalue weighted by atomic mass is 32.2. The Kier molecular flexibility index (Phi) is 4.43. The van der Waals surface area contributed by atoms with Gasteiger partial charge >= 0.3 is 5.97 Å². The molecular weight excluding hydrogens is 380 g/mol. The fourth-order valence-electron chi connectivity index (χ4n) is 3.34. The molecule has 1 aliphatic heterocycles. The van der Waals surface area contributed by atoms with Crippen LogP contribution in [0.1, 0.15) is 23.0 Å². The van der Waals surface area contributed by atoms with Crippen molar-refractivity contribution >= 4 is 15.8 Å². The van der Waals surface area contributed by atoms with E-state index in [1.165, 1.54) is 13.2 Å². The summed E-state index contributed by atoms with van der Waals surface area (Å²) in [5, 5.41) is 4.44. The summed E-state index contributed by atoms with van der Waals surface area (Å²) >= 11 is 0. The van der Waals surface area contributed by atoms with E-state index in [9.17, 15) is 13.2 Å². The molecule has 0 saturated heterocycles. The number of methoxy groups -OCH3 is 1. The summed E-state index contributed by atoms with van der Waals surface area (Å²) in [4.78, 5) is 12.7. The maximum absolute atomic E-state index is 12.9. The van der Waals surface area contributed by atoms with Gasteiger partial charge in [0.25, 0.3) is 0 Å². The van der Waals surface area contributed by atoms with Crippen molar-refractivity contribution in [3.8, 4) is 22.7 Å². The molecule has 2 heterocycles. The summed E-state index contributed by atoms with van der Waals surface area (Å²) in [5.74, 6) is -0.446. The lowest BCUT2D eigenvalue weighted by molar-refractivity contribution is 0.0518. The zero-order valence-electron chi connectivity index (χ0n) is 15.4. The molecule has 2 aromatic carbocycles. The van der Waals surface area contributed by atoms with Gasteiger partial charge in [0.1, 0.15) is 5.75 Å². The summed E-state index contributed by atoms with van der Waals surface area (Å²) in [6, 6.07) is 14.0. The molecule has 4 rings (SSSR count).